The fraction of sp³-hybridized carbons (Fsp3) is 0.0909. The van der Waals surface area contributed by atoms with Gasteiger partial charge in [-0.2, -0.15) is 13.2 Å². The molecule has 0 saturated heterocycles. The Kier molecular flexibility index (Phi) is 2.60. The molecule has 0 fully saturated rings. The Labute approximate surface area is 89.8 Å². The highest BCUT2D eigenvalue weighted by atomic mass is 19.4. The number of rotatable bonds is 1. The second-order valence-electron chi connectivity index (χ2n) is 3.13. The number of hydrogen-bond donors (Lipinski definition) is 0. The van der Waals surface area contributed by atoms with Crippen molar-refractivity contribution in [2.45, 2.75) is 6.18 Å². The van der Waals surface area contributed by atoms with Gasteiger partial charge in [-0.25, -0.2) is 0 Å². The first kappa shape index (κ1) is 10.6. The summed E-state index contributed by atoms with van der Waals surface area (Å²) >= 11 is 0. The summed E-state index contributed by atoms with van der Waals surface area (Å²) in [5.74, 6) is 0. The highest BCUT2D eigenvalue weighted by Gasteiger charge is 2.34. The maximum atomic E-state index is 12.7. The summed E-state index contributed by atoms with van der Waals surface area (Å²) in [5, 5.41) is 0. The van der Waals surface area contributed by atoms with Crippen LogP contribution in [-0.2, 0) is 6.18 Å². The Bertz CT molecular complexity index is 480. The predicted molar refractivity (Wildman–Crippen MR) is 52.5 cm³/mol. The van der Waals surface area contributed by atoms with Crippen molar-refractivity contribution in [1.82, 2.24) is 9.97 Å². The molecule has 2 aromatic rings. The molecule has 0 spiro atoms. The van der Waals surface area contributed by atoms with Crippen molar-refractivity contribution in [1.29, 1.82) is 0 Å². The molecule has 0 saturated carbocycles. The van der Waals surface area contributed by atoms with E-state index in [0.717, 1.165) is 6.20 Å². The van der Waals surface area contributed by atoms with E-state index in [-0.39, 0.29) is 11.3 Å². The molecule has 82 valence electrons. The molecule has 0 radical (unpaired) electrons. The lowest BCUT2D eigenvalue weighted by Gasteiger charge is -2.10. The van der Waals surface area contributed by atoms with Crippen LogP contribution in [-0.4, -0.2) is 9.97 Å². The van der Waals surface area contributed by atoms with E-state index in [2.05, 4.69) is 9.97 Å². The number of alkyl halides is 3. The second kappa shape index (κ2) is 3.92. The van der Waals surface area contributed by atoms with Gasteiger partial charge in [0.1, 0.15) is 0 Å². The zero-order valence-corrected chi connectivity index (χ0v) is 8.07. The minimum Gasteiger partial charge on any atom is -0.264 e. The molecule has 0 amide bonds. The molecule has 16 heavy (non-hydrogen) atoms. The lowest BCUT2D eigenvalue weighted by atomic mass is 10.1. The van der Waals surface area contributed by atoms with Crippen LogP contribution in [0.1, 0.15) is 5.56 Å². The summed E-state index contributed by atoms with van der Waals surface area (Å²) in [7, 11) is 0. The number of halogens is 3. The Morgan fingerprint density at radius 3 is 2.44 bits per heavy atom. The molecule has 2 heterocycles. The summed E-state index contributed by atoms with van der Waals surface area (Å²) in [6.45, 7) is 0. The van der Waals surface area contributed by atoms with Crippen LogP contribution in [0, 0.1) is 0 Å². The molecule has 0 aromatic carbocycles. The van der Waals surface area contributed by atoms with E-state index in [1.54, 1.807) is 12.1 Å². The van der Waals surface area contributed by atoms with Crippen LogP contribution in [0.5, 0.6) is 0 Å². The van der Waals surface area contributed by atoms with Gasteiger partial charge in [-0.3, -0.25) is 9.97 Å². The van der Waals surface area contributed by atoms with Crippen molar-refractivity contribution in [3.8, 4) is 11.3 Å². The van der Waals surface area contributed by atoms with E-state index >= 15 is 0 Å². The smallest absolute Gasteiger partial charge is 0.264 e. The highest BCUT2D eigenvalue weighted by molar-refractivity contribution is 5.63. The number of pyridine rings is 2. The third-order valence-corrected chi connectivity index (χ3v) is 2.07. The van der Waals surface area contributed by atoms with Gasteiger partial charge >= 0.3 is 6.18 Å². The van der Waals surface area contributed by atoms with E-state index in [1.807, 2.05) is 0 Å². The zero-order chi connectivity index (χ0) is 11.6. The average molecular weight is 224 g/mol. The first-order valence-electron chi connectivity index (χ1n) is 4.51. The summed E-state index contributed by atoms with van der Waals surface area (Å²) in [6, 6.07) is 6.14. The predicted octanol–water partition coefficient (Wildman–Crippen LogP) is 3.16. The van der Waals surface area contributed by atoms with Crippen molar-refractivity contribution in [3.63, 3.8) is 0 Å². The zero-order valence-electron chi connectivity index (χ0n) is 8.07. The fourth-order valence-corrected chi connectivity index (χ4v) is 1.37. The number of nitrogens with zero attached hydrogens (tertiary/aromatic N) is 2. The van der Waals surface area contributed by atoms with Crippen molar-refractivity contribution < 1.29 is 13.2 Å². The molecule has 0 bridgehead atoms. The molecule has 0 atom stereocenters. The lowest BCUT2D eigenvalue weighted by Crippen LogP contribution is -2.08. The Balaban J connectivity index is 2.58. The van der Waals surface area contributed by atoms with Crippen molar-refractivity contribution in [2.75, 3.05) is 0 Å². The maximum Gasteiger partial charge on any atom is 0.418 e. The molecule has 2 nitrogen and oxygen atoms in total. The topological polar surface area (TPSA) is 25.8 Å². The number of aromatic nitrogens is 2. The minimum absolute atomic E-state index is 0.0445. The van der Waals surface area contributed by atoms with E-state index in [9.17, 15) is 13.2 Å². The van der Waals surface area contributed by atoms with Crippen LogP contribution < -0.4 is 0 Å². The van der Waals surface area contributed by atoms with Gasteiger partial charge in [0, 0.05) is 24.2 Å². The van der Waals surface area contributed by atoms with Crippen LogP contribution in [0.15, 0.2) is 42.9 Å². The Hall–Kier alpha value is -1.91. The normalized spacial score (nSPS) is 11.4. The molecule has 2 aromatic heterocycles. The molecule has 0 unspecified atom stereocenters. The molecule has 2 rings (SSSR count). The SMILES string of the molecule is FC(F)(F)c1cnccc1-c1ccccn1. The summed E-state index contributed by atoms with van der Waals surface area (Å²) in [6.07, 6.45) is -0.833. The largest absolute Gasteiger partial charge is 0.418 e. The van der Waals surface area contributed by atoms with Crippen molar-refractivity contribution in [2.24, 2.45) is 0 Å². The van der Waals surface area contributed by atoms with Crippen molar-refractivity contribution in [3.05, 3.63) is 48.4 Å². The molecule has 0 aliphatic heterocycles. The standard InChI is InChI=1S/C11H7F3N2/c12-11(13,14)9-7-15-6-4-8(9)10-3-1-2-5-16-10/h1-7H. The molecular weight excluding hydrogens is 217 g/mol. The van der Waals surface area contributed by atoms with Gasteiger partial charge in [-0.15, -0.1) is 0 Å². The van der Waals surface area contributed by atoms with E-state index in [4.69, 9.17) is 0 Å². The lowest BCUT2D eigenvalue weighted by molar-refractivity contribution is -0.137. The van der Waals surface area contributed by atoms with Crippen LogP contribution >= 0.6 is 0 Å². The van der Waals surface area contributed by atoms with E-state index in [1.165, 1.54) is 24.5 Å². The minimum atomic E-state index is -4.42. The van der Waals surface area contributed by atoms with Gasteiger partial charge in [-0.05, 0) is 18.2 Å². The molecule has 0 aliphatic rings. The summed E-state index contributed by atoms with van der Waals surface area (Å²) in [5.41, 5.74) is -0.436. The van der Waals surface area contributed by atoms with Gasteiger partial charge in [0.05, 0.1) is 11.3 Å². The van der Waals surface area contributed by atoms with Crippen LogP contribution in [0.3, 0.4) is 0 Å². The summed E-state index contributed by atoms with van der Waals surface area (Å²) in [4.78, 5) is 7.38. The first-order valence-corrected chi connectivity index (χ1v) is 4.51. The monoisotopic (exact) mass is 224 g/mol. The highest BCUT2D eigenvalue weighted by Crippen LogP contribution is 2.35. The second-order valence-corrected chi connectivity index (χ2v) is 3.13. The van der Waals surface area contributed by atoms with Crippen LogP contribution in [0.25, 0.3) is 11.3 Å². The molecule has 0 aliphatic carbocycles. The Morgan fingerprint density at radius 2 is 1.81 bits per heavy atom. The molecular formula is C11H7F3N2. The fourth-order valence-electron chi connectivity index (χ4n) is 1.37. The van der Waals surface area contributed by atoms with Gasteiger partial charge in [0.15, 0.2) is 0 Å². The Morgan fingerprint density at radius 1 is 1.00 bits per heavy atom. The first-order chi connectivity index (χ1) is 7.59. The van der Waals surface area contributed by atoms with Gasteiger partial charge in [0.25, 0.3) is 0 Å². The maximum absolute atomic E-state index is 12.7. The third-order valence-electron chi connectivity index (χ3n) is 2.07. The van der Waals surface area contributed by atoms with Crippen LogP contribution in [0.4, 0.5) is 13.2 Å². The van der Waals surface area contributed by atoms with Gasteiger partial charge < -0.3 is 0 Å². The van der Waals surface area contributed by atoms with Crippen molar-refractivity contribution >= 4 is 0 Å². The van der Waals surface area contributed by atoms with E-state index < -0.39 is 11.7 Å². The van der Waals surface area contributed by atoms with Gasteiger partial charge in [0.2, 0.25) is 0 Å². The third kappa shape index (κ3) is 2.03. The van der Waals surface area contributed by atoms with Crippen LogP contribution in [0.2, 0.25) is 0 Å². The van der Waals surface area contributed by atoms with E-state index in [0.29, 0.717) is 0 Å². The average Bonchev–Trinajstić information content (AvgIpc) is 2.29. The molecule has 0 N–H and O–H groups in total. The quantitative estimate of drug-likeness (QED) is 0.743. The summed E-state index contributed by atoms with van der Waals surface area (Å²) < 4.78 is 38.0. The number of hydrogen-bond acceptors (Lipinski definition) is 2. The molecule has 5 heteroatoms. The van der Waals surface area contributed by atoms with Gasteiger partial charge in [-0.1, -0.05) is 6.07 Å².